The van der Waals surface area contributed by atoms with Gasteiger partial charge < -0.3 is 9.72 Å². The number of hydrogen-bond acceptors (Lipinski definition) is 5. The third-order valence-electron chi connectivity index (χ3n) is 5.30. The molecular formula is C21H16F2N4O3. The minimum Gasteiger partial charge on any atom is -0.446 e. The van der Waals surface area contributed by atoms with Crippen molar-refractivity contribution in [3.63, 3.8) is 0 Å². The highest BCUT2D eigenvalue weighted by molar-refractivity contribution is 6.22. The van der Waals surface area contributed by atoms with Crippen molar-refractivity contribution < 1.29 is 23.1 Å². The van der Waals surface area contributed by atoms with Crippen LogP contribution >= 0.6 is 0 Å². The smallest absolute Gasteiger partial charge is 0.414 e. The highest BCUT2D eigenvalue weighted by Crippen LogP contribution is 2.27. The van der Waals surface area contributed by atoms with Crippen molar-refractivity contribution in [1.29, 1.82) is 0 Å². The first kappa shape index (κ1) is 18.4. The number of aromatic nitrogens is 2. The molecule has 1 amide bonds. The van der Waals surface area contributed by atoms with Crippen molar-refractivity contribution in [1.82, 2.24) is 9.97 Å². The maximum atomic E-state index is 14.5. The van der Waals surface area contributed by atoms with E-state index in [1.165, 1.54) is 0 Å². The summed E-state index contributed by atoms with van der Waals surface area (Å²) in [5.41, 5.74) is 1.37. The molecule has 3 aromatic rings. The van der Waals surface area contributed by atoms with E-state index >= 15 is 0 Å². The lowest BCUT2D eigenvalue weighted by Crippen LogP contribution is -2.28. The van der Waals surface area contributed by atoms with Crippen molar-refractivity contribution in [2.24, 2.45) is 4.99 Å². The Kier molecular flexibility index (Phi) is 4.30. The Hall–Kier alpha value is -3.62. The van der Waals surface area contributed by atoms with Crippen molar-refractivity contribution in [2.75, 3.05) is 11.9 Å². The van der Waals surface area contributed by atoms with Crippen molar-refractivity contribution in [3.8, 4) is 0 Å². The first-order valence-corrected chi connectivity index (χ1v) is 9.53. The predicted molar refractivity (Wildman–Crippen MR) is 105 cm³/mol. The first-order valence-electron chi connectivity index (χ1n) is 9.53. The molecule has 1 aromatic heterocycles. The molecule has 2 N–H and O–H groups in total. The molecule has 1 saturated carbocycles. The summed E-state index contributed by atoms with van der Waals surface area (Å²) >= 11 is 0. The standard InChI is InChI=1S/C21H16F2N4O3/c22-12-5-6-13(23)18-17(12)16(28)9-24-19(18)10-4-7-14-15(8-10)26-20(25-14)27-21(29)30-11-2-1-3-11/h4-8,11H,1-3,9H2,(H2,25,26,27,29). The molecule has 2 aromatic carbocycles. The van der Waals surface area contributed by atoms with Gasteiger partial charge in [0.05, 0.1) is 22.3 Å². The van der Waals surface area contributed by atoms with Crippen LogP contribution < -0.4 is 5.32 Å². The normalized spacial score (nSPS) is 16.1. The lowest BCUT2D eigenvalue weighted by atomic mass is 9.91. The van der Waals surface area contributed by atoms with E-state index in [4.69, 9.17) is 4.74 Å². The SMILES string of the molecule is O=C(Nc1nc2ccc(C3=NCC(=O)c4c(F)ccc(F)c43)cc2[nH]1)OC1CCC1. The second kappa shape index (κ2) is 7.01. The van der Waals surface area contributed by atoms with Gasteiger partial charge in [-0.2, -0.15) is 0 Å². The number of amides is 1. The highest BCUT2D eigenvalue weighted by atomic mass is 19.1. The van der Waals surface area contributed by atoms with Gasteiger partial charge in [0.1, 0.15) is 24.3 Å². The van der Waals surface area contributed by atoms with E-state index in [2.05, 4.69) is 20.3 Å². The number of H-pyrrole nitrogens is 1. The van der Waals surface area contributed by atoms with Crippen LogP contribution in [0, 0.1) is 11.6 Å². The van der Waals surface area contributed by atoms with E-state index in [0.29, 0.717) is 16.6 Å². The maximum Gasteiger partial charge on any atom is 0.414 e. The molecule has 9 heteroatoms. The van der Waals surface area contributed by atoms with E-state index in [-0.39, 0.29) is 35.4 Å². The molecule has 30 heavy (non-hydrogen) atoms. The monoisotopic (exact) mass is 410 g/mol. The van der Waals surface area contributed by atoms with Crippen molar-refractivity contribution >= 4 is 34.6 Å². The van der Waals surface area contributed by atoms with Crippen LogP contribution in [0.4, 0.5) is 19.5 Å². The Morgan fingerprint density at radius 1 is 1.13 bits per heavy atom. The lowest BCUT2D eigenvalue weighted by Gasteiger charge is -2.24. The molecule has 0 spiro atoms. The van der Waals surface area contributed by atoms with Crippen molar-refractivity contribution in [3.05, 3.63) is 58.7 Å². The van der Waals surface area contributed by atoms with Gasteiger partial charge in [0.25, 0.3) is 0 Å². The number of ketones is 1. The van der Waals surface area contributed by atoms with E-state index in [9.17, 15) is 18.4 Å². The molecule has 1 aliphatic carbocycles. The molecule has 152 valence electrons. The summed E-state index contributed by atoms with van der Waals surface area (Å²) < 4.78 is 33.9. The Morgan fingerprint density at radius 2 is 1.90 bits per heavy atom. The van der Waals surface area contributed by atoms with Gasteiger partial charge in [0.2, 0.25) is 5.95 Å². The number of Topliss-reactive ketones (excluding diaryl/α,β-unsaturated/α-hetero) is 1. The minimum atomic E-state index is -0.775. The zero-order valence-electron chi connectivity index (χ0n) is 15.7. The second-order valence-electron chi connectivity index (χ2n) is 7.27. The average Bonchev–Trinajstić information content (AvgIpc) is 3.09. The minimum absolute atomic E-state index is 0.0524. The number of aliphatic imine (C=N–C) groups is 1. The van der Waals surface area contributed by atoms with Gasteiger partial charge >= 0.3 is 6.09 Å². The van der Waals surface area contributed by atoms with E-state index < -0.39 is 23.5 Å². The van der Waals surface area contributed by atoms with Gasteiger partial charge in [-0.1, -0.05) is 6.07 Å². The quantitative estimate of drug-likeness (QED) is 0.683. The van der Waals surface area contributed by atoms with Gasteiger partial charge in [0.15, 0.2) is 5.78 Å². The fraction of sp³-hybridized carbons (Fsp3) is 0.238. The first-order chi connectivity index (χ1) is 14.5. The topological polar surface area (TPSA) is 96.4 Å². The van der Waals surface area contributed by atoms with Gasteiger partial charge in [-0.25, -0.2) is 18.6 Å². The van der Waals surface area contributed by atoms with Crippen LogP contribution in [0.1, 0.15) is 40.7 Å². The van der Waals surface area contributed by atoms with Gasteiger partial charge in [-0.15, -0.1) is 0 Å². The van der Waals surface area contributed by atoms with Crippen LogP contribution in [0.25, 0.3) is 11.0 Å². The number of ether oxygens (including phenoxy) is 1. The Morgan fingerprint density at radius 3 is 2.63 bits per heavy atom. The number of nitrogens with zero attached hydrogens (tertiary/aromatic N) is 2. The number of aromatic amines is 1. The summed E-state index contributed by atoms with van der Waals surface area (Å²) in [4.78, 5) is 35.4. The summed E-state index contributed by atoms with van der Waals surface area (Å²) in [6.45, 7) is -0.260. The number of carbonyl (C=O) groups excluding carboxylic acids is 2. The van der Waals surface area contributed by atoms with Crippen LogP contribution in [0.2, 0.25) is 0 Å². The number of halogens is 2. The summed E-state index contributed by atoms with van der Waals surface area (Å²) in [7, 11) is 0. The van der Waals surface area contributed by atoms with Crippen LogP contribution in [-0.2, 0) is 4.74 Å². The number of benzene rings is 2. The number of anilines is 1. The Bertz CT molecular complexity index is 1230. The summed E-state index contributed by atoms with van der Waals surface area (Å²) in [6.07, 6.45) is 2.14. The molecule has 0 unspecified atom stereocenters. The number of carbonyl (C=O) groups is 2. The van der Waals surface area contributed by atoms with Crippen LogP contribution in [0.15, 0.2) is 35.3 Å². The van der Waals surface area contributed by atoms with Gasteiger partial charge in [-0.05, 0) is 43.5 Å². The zero-order valence-corrected chi connectivity index (χ0v) is 15.7. The second-order valence-corrected chi connectivity index (χ2v) is 7.27. The predicted octanol–water partition coefficient (Wildman–Crippen LogP) is 3.98. The van der Waals surface area contributed by atoms with E-state index in [1.54, 1.807) is 18.2 Å². The fourth-order valence-corrected chi connectivity index (χ4v) is 3.58. The Balaban J connectivity index is 1.47. The molecule has 0 atom stereocenters. The van der Waals surface area contributed by atoms with Crippen LogP contribution in [-0.4, -0.2) is 40.2 Å². The molecule has 2 aliphatic rings. The number of hydrogen-bond donors (Lipinski definition) is 2. The van der Waals surface area contributed by atoms with E-state index in [1.807, 2.05) is 0 Å². The number of imidazole rings is 1. The molecular weight excluding hydrogens is 394 g/mol. The number of fused-ring (bicyclic) bond motifs is 2. The summed E-state index contributed by atoms with van der Waals surface area (Å²) in [5, 5.41) is 2.56. The largest absolute Gasteiger partial charge is 0.446 e. The zero-order chi connectivity index (χ0) is 20.8. The lowest BCUT2D eigenvalue weighted by molar-refractivity contribution is 0.0623. The van der Waals surface area contributed by atoms with E-state index in [0.717, 1.165) is 31.4 Å². The molecule has 2 heterocycles. The number of rotatable bonds is 3. The Labute approximate surface area is 169 Å². The fourth-order valence-electron chi connectivity index (χ4n) is 3.58. The number of nitrogens with one attached hydrogen (secondary N) is 2. The maximum absolute atomic E-state index is 14.5. The molecule has 1 aliphatic heterocycles. The molecule has 5 rings (SSSR count). The molecule has 0 radical (unpaired) electrons. The van der Waals surface area contributed by atoms with Gasteiger partial charge in [0, 0.05) is 11.1 Å². The van der Waals surface area contributed by atoms with Crippen LogP contribution in [0.5, 0.6) is 0 Å². The molecule has 7 nitrogen and oxygen atoms in total. The molecule has 1 fully saturated rings. The van der Waals surface area contributed by atoms with Crippen molar-refractivity contribution in [2.45, 2.75) is 25.4 Å². The van der Waals surface area contributed by atoms with Crippen LogP contribution in [0.3, 0.4) is 0 Å². The highest BCUT2D eigenvalue weighted by Gasteiger charge is 2.28. The van der Waals surface area contributed by atoms with Gasteiger partial charge in [-0.3, -0.25) is 15.1 Å². The summed E-state index contributed by atoms with van der Waals surface area (Å²) in [6, 6.07) is 6.90. The molecule has 0 bridgehead atoms. The molecule has 0 saturated heterocycles. The average molecular weight is 410 g/mol. The summed E-state index contributed by atoms with van der Waals surface area (Å²) in [5.74, 6) is -1.85. The third-order valence-corrected chi connectivity index (χ3v) is 5.30. The third kappa shape index (κ3) is 3.12.